The maximum Gasteiger partial charge on any atom is 0.387 e. The number of hydrogen-bond donors (Lipinski definition) is 3. The molecule has 0 aliphatic rings. The molecule has 0 aliphatic heterocycles. The van der Waals surface area contributed by atoms with Crippen LogP contribution in [0, 0.1) is 5.82 Å². The van der Waals surface area contributed by atoms with Gasteiger partial charge in [0.2, 0.25) is 11.8 Å². The van der Waals surface area contributed by atoms with Crippen LogP contribution in [0.4, 0.5) is 18.9 Å². The lowest BCUT2D eigenvalue weighted by molar-refractivity contribution is -0.123. The van der Waals surface area contributed by atoms with E-state index in [9.17, 15) is 22.8 Å². The number of nitrogens with one attached hydrogen (secondary N) is 2. The quantitative estimate of drug-likeness (QED) is 0.709. The Morgan fingerprint density at radius 3 is 2.60 bits per heavy atom. The summed E-state index contributed by atoms with van der Waals surface area (Å²) in [6.45, 7) is -3.85. The van der Waals surface area contributed by atoms with E-state index in [1.807, 2.05) is 0 Å². The molecule has 0 aliphatic carbocycles. The number of halogens is 3. The number of alkyl halides is 2. The first kappa shape index (κ1) is 15.8. The highest BCUT2D eigenvalue weighted by Crippen LogP contribution is 2.26. The standard InChI is InChI=1S/C11H12F3N3O3/c12-6-1-2-7(8(3-6)20-11(13)14)17-10(19)5-16-9(18)4-15/h1-3,11H,4-5,15H2,(H,16,18)(H,17,19). The summed E-state index contributed by atoms with van der Waals surface area (Å²) in [6, 6.07) is 2.74. The third kappa shape index (κ3) is 5.14. The molecule has 6 nitrogen and oxygen atoms in total. The monoisotopic (exact) mass is 291 g/mol. The van der Waals surface area contributed by atoms with Gasteiger partial charge in [0.15, 0.2) is 5.75 Å². The van der Waals surface area contributed by atoms with Gasteiger partial charge in [0.05, 0.1) is 18.8 Å². The molecule has 0 atom stereocenters. The van der Waals surface area contributed by atoms with E-state index in [0.717, 1.165) is 12.1 Å². The number of amides is 2. The smallest absolute Gasteiger partial charge is 0.387 e. The number of rotatable bonds is 6. The first-order valence-electron chi connectivity index (χ1n) is 5.43. The molecule has 0 saturated carbocycles. The van der Waals surface area contributed by atoms with Gasteiger partial charge in [0, 0.05) is 6.07 Å². The van der Waals surface area contributed by atoms with E-state index in [0.29, 0.717) is 6.07 Å². The van der Waals surface area contributed by atoms with Crippen molar-refractivity contribution >= 4 is 17.5 Å². The van der Waals surface area contributed by atoms with Crippen molar-refractivity contribution in [1.29, 1.82) is 0 Å². The fourth-order valence-electron chi connectivity index (χ4n) is 1.24. The molecule has 0 aromatic heterocycles. The zero-order valence-electron chi connectivity index (χ0n) is 10.2. The minimum Gasteiger partial charge on any atom is -0.432 e. The van der Waals surface area contributed by atoms with Crippen molar-refractivity contribution in [1.82, 2.24) is 5.32 Å². The van der Waals surface area contributed by atoms with Gasteiger partial charge in [-0.2, -0.15) is 8.78 Å². The summed E-state index contributed by atoms with van der Waals surface area (Å²) >= 11 is 0. The Balaban J connectivity index is 2.71. The number of hydrogen-bond acceptors (Lipinski definition) is 4. The van der Waals surface area contributed by atoms with Gasteiger partial charge < -0.3 is 21.1 Å². The summed E-state index contributed by atoms with van der Waals surface area (Å²) in [5, 5.41) is 4.39. The fraction of sp³-hybridized carbons (Fsp3) is 0.273. The van der Waals surface area contributed by atoms with Crippen LogP contribution >= 0.6 is 0 Å². The maximum absolute atomic E-state index is 12.9. The first-order valence-corrected chi connectivity index (χ1v) is 5.43. The van der Waals surface area contributed by atoms with Crippen LogP contribution < -0.4 is 21.1 Å². The molecule has 9 heteroatoms. The lowest BCUT2D eigenvalue weighted by Crippen LogP contribution is -2.36. The summed E-state index contributed by atoms with van der Waals surface area (Å²) in [7, 11) is 0. The van der Waals surface area contributed by atoms with Crippen LogP contribution in [0.5, 0.6) is 5.75 Å². The zero-order valence-corrected chi connectivity index (χ0v) is 10.2. The average molecular weight is 291 g/mol. The summed E-state index contributed by atoms with van der Waals surface area (Å²) in [5.74, 6) is -2.56. The second kappa shape index (κ2) is 7.34. The van der Waals surface area contributed by atoms with E-state index in [4.69, 9.17) is 5.73 Å². The largest absolute Gasteiger partial charge is 0.432 e. The van der Waals surface area contributed by atoms with Gasteiger partial charge in [-0.3, -0.25) is 9.59 Å². The molecular formula is C11H12F3N3O3. The summed E-state index contributed by atoms with van der Waals surface area (Å²) in [4.78, 5) is 22.3. The summed E-state index contributed by atoms with van der Waals surface area (Å²) in [6.07, 6.45) is 0. The van der Waals surface area contributed by atoms with Gasteiger partial charge >= 0.3 is 6.61 Å². The molecule has 0 saturated heterocycles. The number of anilines is 1. The molecule has 20 heavy (non-hydrogen) atoms. The van der Waals surface area contributed by atoms with Crippen LogP contribution in [0.15, 0.2) is 18.2 Å². The van der Waals surface area contributed by atoms with Crippen molar-refractivity contribution in [2.45, 2.75) is 6.61 Å². The Hall–Kier alpha value is -2.29. The van der Waals surface area contributed by atoms with Crippen LogP contribution in [0.1, 0.15) is 0 Å². The van der Waals surface area contributed by atoms with Gasteiger partial charge in [0.1, 0.15) is 5.82 Å². The van der Waals surface area contributed by atoms with Crippen molar-refractivity contribution in [3.05, 3.63) is 24.0 Å². The second-order valence-corrected chi connectivity index (χ2v) is 3.55. The summed E-state index contributed by atoms with van der Waals surface area (Å²) in [5.41, 5.74) is 4.88. The Bertz CT molecular complexity index is 497. The maximum atomic E-state index is 12.9. The van der Waals surface area contributed by atoms with Crippen molar-refractivity contribution in [2.24, 2.45) is 5.73 Å². The molecule has 1 rings (SSSR count). The Morgan fingerprint density at radius 2 is 2.00 bits per heavy atom. The molecule has 0 unspecified atom stereocenters. The minimum atomic E-state index is -3.16. The fourth-order valence-corrected chi connectivity index (χ4v) is 1.24. The van der Waals surface area contributed by atoms with Gasteiger partial charge in [-0.25, -0.2) is 4.39 Å². The molecule has 4 N–H and O–H groups in total. The van der Waals surface area contributed by atoms with Crippen molar-refractivity contribution in [3.8, 4) is 5.75 Å². The highest BCUT2D eigenvalue weighted by Gasteiger charge is 2.13. The first-order chi connectivity index (χ1) is 9.42. The molecule has 110 valence electrons. The number of benzene rings is 1. The number of carbonyl (C=O) groups is 2. The lowest BCUT2D eigenvalue weighted by Gasteiger charge is -2.12. The SMILES string of the molecule is NCC(=O)NCC(=O)Nc1ccc(F)cc1OC(F)F. The minimum absolute atomic E-state index is 0.140. The Morgan fingerprint density at radius 1 is 1.30 bits per heavy atom. The molecular weight excluding hydrogens is 279 g/mol. The van der Waals surface area contributed by atoms with Crippen molar-refractivity contribution in [2.75, 3.05) is 18.4 Å². The average Bonchev–Trinajstić information content (AvgIpc) is 2.38. The van der Waals surface area contributed by atoms with Crippen LogP contribution in [0.3, 0.4) is 0 Å². The Kier molecular flexibility index (Phi) is 5.78. The summed E-state index contributed by atoms with van der Waals surface area (Å²) < 4.78 is 41.3. The number of nitrogens with two attached hydrogens (primary N) is 1. The highest BCUT2D eigenvalue weighted by molar-refractivity contribution is 5.95. The van der Waals surface area contributed by atoms with Crippen LogP contribution in [-0.4, -0.2) is 31.5 Å². The van der Waals surface area contributed by atoms with E-state index in [2.05, 4.69) is 15.4 Å². The zero-order chi connectivity index (χ0) is 15.1. The molecule has 0 heterocycles. The van der Waals surface area contributed by atoms with Gasteiger partial charge in [-0.1, -0.05) is 0 Å². The van der Waals surface area contributed by atoms with Crippen molar-refractivity contribution in [3.63, 3.8) is 0 Å². The molecule has 1 aromatic carbocycles. The molecule has 0 radical (unpaired) electrons. The molecule has 2 amide bonds. The van der Waals surface area contributed by atoms with E-state index in [-0.39, 0.29) is 12.2 Å². The molecule has 0 spiro atoms. The van der Waals surface area contributed by atoms with E-state index >= 15 is 0 Å². The highest BCUT2D eigenvalue weighted by atomic mass is 19.3. The van der Waals surface area contributed by atoms with Crippen molar-refractivity contribution < 1.29 is 27.5 Å². The predicted molar refractivity (Wildman–Crippen MR) is 63.7 cm³/mol. The van der Waals surface area contributed by atoms with E-state index in [1.54, 1.807) is 0 Å². The lowest BCUT2D eigenvalue weighted by atomic mass is 10.3. The van der Waals surface area contributed by atoms with Gasteiger partial charge in [0.25, 0.3) is 0 Å². The van der Waals surface area contributed by atoms with E-state index in [1.165, 1.54) is 0 Å². The van der Waals surface area contributed by atoms with Crippen LogP contribution in [0.2, 0.25) is 0 Å². The Labute approximate surface area is 112 Å². The van der Waals surface area contributed by atoms with E-state index < -0.39 is 36.5 Å². The third-order valence-electron chi connectivity index (χ3n) is 2.07. The van der Waals surface area contributed by atoms with Gasteiger partial charge in [-0.05, 0) is 12.1 Å². The van der Waals surface area contributed by atoms with Crippen LogP contribution in [-0.2, 0) is 9.59 Å². The molecule has 0 bridgehead atoms. The topological polar surface area (TPSA) is 93.5 Å². The normalized spacial score (nSPS) is 10.2. The second-order valence-electron chi connectivity index (χ2n) is 3.55. The predicted octanol–water partition coefficient (Wildman–Crippen LogP) is 0.440. The molecule has 0 fully saturated rings. The van der Waals surface area contributed by atoms with Gasteiger partial charge in [-0.15, -0.1) is 0 Å². The number of carbonyl (C=O) groups excluding carboxylic acids is 2. The molecule has 1 aromatic rings. The third-order valence-corrected chi connectivity index (χ3v) is 2.07. The number of ether oxygens (including phenoxy) is 1. The van der Waals surface area contributed by atoms with Crippen LogP contribution in [0.25, 0.3) is 0 Å².